The maximum absolute atomic E-state index is 11.3. The molecule has 0 aromatic heterocycles. The van der Waals surface area contributed by atoms with E-state index in [9.17, 15) is 9.59 Å². The van der Waals surface area contributed by atoms with Crippen LogP contribution in [-0.4, -0.2) is 53.2 Å². The van der Waals surface area contributed by atoms with E-state index >= 15 is 0 Å². The third kappa shape index (κ3) is 7.55. The number of hydrogen-bond donors (Lipinski definition) is 3. The summed E-state index contributed by atoms with van der Waals surface area (Å²) < 4.78 is 4.69. The zero-order valence-electron chi connectivity index (χ0n) is 11.4. The molecule has 0 aromatic carbocycles. The molecule has 0 fully saturated rings. The van der Waals surface area contributed by atoms with Crippen LogP contribution in [-0.2, 0) is 9.53 Å². The molecule has 1 atom stereocenters. The molecule has 0 saturated carbocycles. The monoisotopic (exact) mass is 291 g/mol. The number of ether oxygens (including phenoxy) is 1. The highest BCUT2D eigenvalue weighted by molar-refractivity contribution is 7.99. The molecule has 0 aliphatic carbocycles. The van der Waals surface area contributed by atoms with Gasteiger partial charge in [0.05, 0.1) is 12.4 Å². The van der Waals surface area contributed by atoms with Crippen molar-refractivity contribution in [3.05, 3.63) is 0 Å². The van der Waals surface area contributed by atoms with Gasteiger partial charge in [-0.05, 0) is 20.8 Å². The molecule has 8 heteroatoms. The molecule has 0 bridgehead atoms. The minimum absolute atomic E-state index is 0.194. The lowest BCUT2D eigenvalue weighted by atomic mass is 10.1. The van der Waals surface area contributed by atoms with Crippen molar-refractivity contribution in [2.75, 3.05) is 24.7 Å². The maximum Gasteiger partial charge on any atom is 0.408 e. The van der Waals surface area contributed by atoms with Gasteiger partial charge in [0, 0.05) is 18.1 Å². The van der Waals surface area contributed by atoms with Gasteiger partial charge in [0.2, 0.25) is 0 Å². The summed E-state index contributed by atoms with van der Waals surface area (Å²) in [6.07, 6.45) is -0.733. The zero-order chi connectivity index (χ0) is 14.9. The number of nitrogens with zero attached hydrogens (tertiary/aromatic N) is 1. The van der Waals surface area contributed by atoms with Gasteiger partial charge in [0.25, 0.3) is 0 Å². The lowest BCUT2D eigenvalue weighted by Crippen LogP contribution is -2.54. The molecule has 4 N–H and O–H groups in total. The van der Waals surface area contributed by atoms with Crippen molar-refractivity contribution < 1.29 is 19.4 Å². The quantitative estimate of drug-likeness (QED) is 0.344. The summed E-state index contributed by atoms with van der Waals surface area (Å²) in [6, 6.07) is 0. The van der Waals surface area contributed by atoms with Gasteiger partial charge in [-0.1, -0.05) is 0 Å². The van der Waals surface area contributed by atoms with Gasteiger partial charge < -0.3 is 20.9 Å². The van der Waals surface area contributed by atoms with Crippen molar-refractivity contribution in [3.8, 4) is 0 Å². The van der Waals surface area contributed by atoms with Crippen molar-refractivity contribution in [2.45, 2.75) is 26.3 Å². The summed E-state index contributed by atoms with van der Waals surface area (Å²) in [5.41, 5.74) is 4.02. The molecule has 0 saturated heterocycles. The Morgan fingerprint density at radius 2 is 2.16 bits per heavy atom. The number of nitrogens with two attached hydrogens (primary N) is 1. The summed E-state index contributed by atoms with van der Waals surface area (Å²) in [5, 5.41) is 11.5. The smallest absolute Gasteiger partial charge is 0.408 e. The number of aliphatic carboxylic acids is 1. The van der Waals surface area contributed by atoms with Crippen LogP contribution < -0.4 is 11.1 Å². The van der Waals surface area contributed by atoms with E-state index in [-0.39, 0.29) is 12.4 Å². The minimum atomic E-state index is -1.36. The second-order valence-corrected chi connectivity index (χ2v) is 5.16. The lowest BCUT2D eigenvalue weighted by molar-refractivity contribution is -0.142. The average Bonchev–Trinajstić information content (AvgIpc) is 2.28. The SMILES string of the molecule is CCOC(=O)N[C@](C)(CSCCN=C(C)N)C(=O)O. The van der Waals surface area contributed by atoms with Crippen molar-refractivity contribution in [3.63, 3.8) is 0 Å². The molecule has 19 heavy (non-hydrogen) atoms. The molecule has 0 aliphatic rings. The normalized spacial score (nSPS) is 14.6. The summed E-state index contributed by atoms with van der Waals surface area (Å²) in [5.74, 6) is 0.236. The lowest BCUT2D eigenvalue weighted by Gasteiger charge is -2.25. The molecular formula is C11H21N3O4S. The average molecular weight is 291 g/mol. The van der Waals surface area contributed by atoms with Gasteiger partial charge in [0.15, 0.2) is 0 Å². The number of carbonyl (C=O) groups is 2. The number of alkyl carbamates (subject to hydrolysis) is 1. The van der Waals surface area contributed by atoms with Gasteiger partial charge >= 0.3 is 12.1 Å². The van der Waals surface area contributed by atoms with Crippen molar-refractivity contribution in [1.29, 1.82) is 0 Å². The summed E-state index contributed by atoms with van der Waals surface area (Å²) >= 11 is 1.38. The number of amidine groups is 1. The first kappa shape index (κ1) is 17.6. The molecule has 0 aliphatic heterocycles. The summed E-state index contributed by atoms with van der Waals surface area (Å²) in [4.78, 5) is 26.5. The van der Waals surface area contributed by atoms with Crippen LogP contribution in [0.25, 0.3) is 0 Å². The molecule has 0 spiro atoms. The number of amides is 1. The van der Waals surface area contributed by atoms with Gasteiger partial charge in [-0.3, -0.25) is 4.99 Å². The second kappa shape index (κ2) is 8.63. The number of carboxylic acid groups (broad SMARTS) is 1. The van der Waals surface area contributed by atoms with Crippen molar-refractivity contribution in [1.82, 2.24) is 5.32 Å². The number of thioether (sulfide) groups is 1. The highest BCUT2D eigenvalue weighted by Crippen LogP contribution is 2.14. The van der Waals surface area contributed by atoms with E-state index in [4.69, 9.17) is 10.8 Å². The zero-order valence-corrected chi connectivity index (χ0v) is 12.2. The Kier molecular flexibility index (Phi) is 7.97. The fourth-order valence-electron chi connectivity index (χ4n) is 1.11. The first-order valence-electron chi connectivity index (χ1n) is 5.84. The molecule has 0 aromatic rings. The Balaban J connectivity index is 4.27. The van der Waals surface area contributed by atoms with Gasteiger partial charge in [0.1, 0.15) is 5.54 Å². The van der Waals surface area contributed by atoms with Crippen LogP contribution in [0.3, 0.4) is 0 Å². The van der Waals surface area contributed by atoms with Crippen LogP contribution in [0.2, 0.25) is 0 Å². The van der Waals surface area contributed by atoms with Crippen LogP contribution in [0.15, 0.2) is 4.99 Å². The number of rotatable bonds is 8. The number of aliphatic imine (C=N–C) groups is 1. The first-order chi connectivity index (χ1) is 8.81. The van der Waals surface area contributed by atoms with E-state index in [0.717, 1.165) is 0 Å². The van der Waals surface area contributed by atoms with Crippen LogP contribution >= 0.6 is 11.8 Å². The Bertz CT molecular complexity index is 345. The largest absolute Gasteiger partial charge is 0.479 e. The van der Waals surface area contributed by atoms with Crippen molar-refractivity contribution in [2.24, 2.45) is 10.7 Å². The molecule has 0 unspecified atom stereocenters. The molecule has 7 nitrogen and oxygen atoms in total. The van der Waals surface area contributed by atoms with Crippen molar-refractivity contribution >= 4 is 29.7 Å². The number of carboxylic acids is 1. The van der Waals surface area contributed by atoms with Crippen LogP contribution in [0, 0.1) is 0 Å². The minimum Gasteiger partial charge on any atom is -0.479 e. The molecule has 0 radical (unpaired) electrons. The van der Waals surface area contributed by atoms with Gasteiger partial charge in [-0.2, -0.15) is 11.8 Å². The highest BCUT2D eigenvalue weighted by Gasteiger charge is 2.35. The Hall–Kier alpha value is -1.44. The van der Waals surface area contributed by atoms with E-state index in [1.807, 2.05) is 0 Å². The van der Waals surface area contributed by atoms with Crippen LogP contribution in [0.4, 0.5) is 4.79 Å². The fourth-order valence-corrected chi connectivity index (χ4v) is 2.08. The van der Waals surface area contributed by atoms with Crippen LogP contribution in [0.1, 0.15) is 20.8 Å². The highest BCUT2D eigenvalue weighted by atomic mass is 32.2. The topological polar surface area (TPSA) is 114 Å². The molecule has 110 valence electrons. The van der Waals surface area contributed by atoms with E-state index in [2.05, 4.69) is 15.0 Å². The van der Waals surface area contributed by atoms with E-state index in [1.165, 1.54) is 18.7 Å². The van der Waals surface area contributed by atoms with Gasteiger partial charge in [-0.25, -0.2) is 9.59 Å². The molecule has 0 heterocycles. The predicted octanol–water partition coefficient (Wildman–Crippen LogP) is 0.686. The Morgan fingerprint density at radius 3 is 2.63 bits per heavy atom. The van der Waals surface area contributed by atoms with E-state index < -0.39 is 17.6 Å². The summed E-state index contributed by atoms with van der Waals surface area (Å²) in [6.45, 7) is 5.49. The second-order valence-electron chi connectivity index (χ2n) is 4.06. The Labute approximate surface area is 117 Å². The number of carbonyl (C=O) groups excluding carboxylic acids is 1. The Morgan fingerprint density at radius 1 is 1.53 bits per heavy atom. The number of hydrogen-bond acceptors (Lipinski definition) is 5. The van der Waals surface area contributed by atoms with E-state index in [1.54, 1.807) is 13.8 Å². The molecule has 0 rings (SSSR count). The first-order valence-corrected chi connectivity index (χ1v) is 7.00. The van der Waals surface area contributed by atoms with Gasteiger partial charge in [-0.15, -0.1) is 0 Å². The fraction of sp³-hybridized carbons (Fsp3) is 0.727. The van der Waals surface area contributed by atoms with E-state index in [0.29, 0.717) is 18.1 Å². The standard InChI is InChI=1S/C11H21N3O4S/c1-4-18-10(17)14-11(3,9(15)16)7-19-6-5-13-8(2)12/h4-7H2,1-3H3,(H2,12,13)(H,14,17)(H,15,16)/t11-/m1/s1. The maximum atomic E-state index is 11.3. The third-order valence-corrected chi connectivity index (χ3v) is 3.37. The van der Waals surface area contributed by atoms with Crippen LogP contribution in [0.5, 0.6) is 0 Å². The molecule has 1 amide bonds. The molecular weight excluding hydrogens is 270 g/mol. The predicted molar refractivity (Wildman–Crippen MR) is 75.7 cm³/mol. The third-order valence-electron chi connectivity index (χ3n) is 2.11. The summed E-state index contributed by atoms with van der Waals surface area (Å²) in [7, 11) is 0. The number of nitrogens with one attached hydrogen (secondary N) is 1.